The lowest BCUT2D eigenvalue weighted by atomic mass is 9.95. The van der Waals surface area contributed by atoms with Crippen molar-refractivity contribution in [2.75, 3.05) is 6.26 Å². The molecule has 0 bridgehead atoms. The third-order valence-electron chi connectivity index (χ3n) is 4.04. The van der Waals surface area contributed by atoms with Gasteiger partial charge in [0.1, 0.15) is 0 Å². The summed E-state index contributed by atoms with van der Waals surface area (Å²) in [6, 6.07) is 0.520. The molecule has 0 aromatic heterocycles. The summed E-state index contributed by atoms with van der Waals surface area (Å²) in [5.41, 5.74) is 6.14. The Balaban J connectivity index is 1.88. The van der Waals surface area contributed by atoms with E-state index in [1.807, 2.05) is 11.8 Å². The zero-order valence-corrected chi connectivity index (χ0v) is 11.1. The first-order valence-corrected chi connectivity index (χ1v) is 7.94. The number of amidine groups is 1. The van der Waals surface area contributed by atoms with Crippen molar-refractivity contribution in [3.05, 3.63) is 0 Å². The zero-order chi connectivity index (χ0) is 11.4. The van der Waals surface area contributed by atoms with E-state index in [9.17, 15) is 0 Å². The van der Waals surface area contributed by atoms with Gasteiger partial charge in [-0.25, -0.2) is 0 Å². The molecule has 2 fully saturated rings. The van der Waals surface area contributed by atoms with Crippen LogP contribution in [0.25, 0.3) is 0 Å². The van der Waals surface area contributed by atoms with Crippen molar-refractivity contribution in [2.24, 2.45) is 16.6 Å². The van der Waals surface area contributed by atoms with Crippen LogP contribution in [0.4, 0.5) is 0 Å². The van der Waals surface area contributed by atoms with Crippen LogP contribution in [0.1, 0.15) is 51.4 Å². The van der Waals surface area contributed by atoms with Crippen LogP contribution in [0.2, 0.25) is 0 Å². The summed E-state index contributed by atoms with van der Waals surface area (Å²) in [7, 11) is 0. The van der Waals surface area contributed by atoms with Gasteiger partial charge in [0.2, 0.25) is 0 Å². The van der Waals surface area contributed by atoms with Crippen molar-refractivity contribution in [2.45, 2.75) is 62.7 Å². The van der Waals surface area contributed by atoms with E-state index >= 15 is 0 Å². The Bertz CT molecular complexity index is 246. The first-order valence-electron chi connectivity index (χ1n) is 6.65. The normalized spacial score (nSPS) is 33.2. The average Bonchev–Trinajstić information content (AvgIpc) is 2.83. The molecular formula is C13H24N2S. The largest absolute Gasteiger partial charge is 0.387 e. The molecule has 3 heteroatoms. The molecule has 0 saturated heterocycles. The molecule has 2 atom stereocenters. The molecule has 0 heterocycles. The molecule has 0 aliphatic heterocycles. The fraction of sp³-hybridized carbons (Fsp3) is 0.923. The molecule has 2 nitrogen and oxygen atoms in total. The van der Waals surface area contributed by atoms with E-state index in [2.05, 4.69) is 6.26 Å². The molecule has 2 aliphatic rings. The maximum atomic E-state index is 6.14. The number of nitrogens with two attached hydrogens (primary N) is 1. The average molecular weight is 240 g/mol. The van der Waals surface area contributed by atoms with Crippen molar-refractivity contribution < 1.29 is 0 Å². The lowest BCUT2D eigenvalue weighted by molar-refractivity contribution is 0.451. The highest BCUT2D eigenvalue weighted by atomic mass is 32.2. The molecule has 0 aromatic carbocycles. The number of nitrogens with zero attached hydrogens (tertiary/aromatic N) is 1. The van der Waals surface area contributed by atoms with Crippen LogP contribution >= 0.6 is 11.8 Å². The van der Waals surface area contributed by atoms with Crippen LogP contribution in [-0.2, 0) is 0 Å². The minimum atomic E-state index is 0.520. The summed E-state index contributed by atoms with van der Waals surface area (Å²) in [6.45, 7) is 0. The molecule has 2 saturated carbocycles. The summed E-state index contributed by atoms with van der Waals surface area (Å²) in [6.07, 6.45) is 12.7. The fourth-order valence-electron chi connectivity index (χ4n) is 2.99. The standard InChI is InChI=1S/C13H24N2S/c1-16-12-8-4-7-11(9-12)15-13(14)10-5-2-3-6-10/h10-12H,2-9H2,1H3,(H2,14,15). The number of aliphatic imine (C=N–C) groups is 1. The maximum absolute atomic E-state index is 6.14. The van der Waals surface area contributed by atoms with Crippen LogP contribution in [0.15, 0.2) is 4.99 Å². The Kier molecular flexibility index (Phi) is 4.56. The molecule has 2 N–H and O–H groups in total. The molecule has 0 amide bonds. The van der Waals surface area contributed by atoms with Gasteiger partial charge in [0, 0.05) is 11.2 Å². The van der Waals surface area contributed by atoms with E-state index in [-0.39, 0.29) is 0 Å². The highest BCUT2D eigenvalue weighted by Crippen LogP contribution is 2.30. The van der Waals surface area contributed by atoms with Gasteiger partial charge in [-0.2, -0.15) is 11.8 Å². The molecule has 0 radical (unpaired) electrons. The van der Waals surface area contributed by atoms with Crippen molar-refractivity contribution in [3.63, 3.8) is 0 Å². The maximum Gasteiger partial charge on any atom is 0.0971 e. The Morgan fingerprint density at radius 2 is 1.88 bits per heavy atom. The Labute approximate surface area is 103 Å². The highest BCUT2D eigenvalue weighted by Gasteiger charge is 2.23. The second-order valence-electron chi connectivity index (χ2n) is 5.21. The van der Waals surface area contributed by atoms with Crippen molar-refractivity contribution >= 4 is 17.6 Å². The third-order valence-corrected chi connectivity index (χ3v) is 5.13. The van der Waals surface area contributed by atoms with Crippen molar-refractivity contribution in [1.29, 1.82) is 0 Å². The van der Waals surface area contributed by atoms with Gasteiger partial charge < -0.3 is 5.73 Å². The van der Waals surface area contributed by atoms with E-state index in [0.717, 1.165) is 11.1 Å². The monoisotopic (exact) mass is 240 g/mol. The number of hydrogen-bond donors (Lipinski definition) is 1. The predicted octanol–water partition coefficient (Wildman–Crippen LogP) is 3.21. The predicted molar refractivity (Wildman–Crippen MR) is 73.1 cm³/mol. The van der Waals surface area contributed by atoms with Gasteiger partial charge in [0.05, 0.1) is 11.9 Å². The summed E-state index contributed by atoms with van der Waals surface area (Å²) in [5.74, 6) is 1.57. The molecular weight excluding hydrogens is 216 g/mol. The van der Waals surface area contributed by atoms with Gasteiger partial charge in [0.15, 0.2) is 0 Å². The van der Waals surface area contributed by atoms with Crippen molar-refractivity contribution in [1.82, 2.24) is 0 Å². The Morgan fingerprint density at radius 1 is 1.12 bits per heavy atom. The summed E-state index contributed by atoms with van der Waals surface area (Å²) >= 11 is 2.00. The molecule has 92 valence electrons. The van der Waals surface area contributed by atoms with Crippen LogP contribution in [0.5, 0.6) is 0 Å². The van der Waals surface area contributed by atoms with E-state index in [4.69, 9.17) is 10.7 Å². The third kappa shape index (κ3) is 3.16. The SMILES string of the molecule is CSC1CCCC(N=C(N)C2CCCC2)C1. The van der Waals surface area contributed by atoms with E-state index < -0.39 is 0 Å². The summed E-state index contributed by atoms with van der Waals surface area (Å²) < 4.78 is 0. The lowest BCUT2D eigenvalue weighted by Crippen LogP contribution is -2.27. The topological polar surface area (TPSA) is 38.4 Å². The minimum absolute atomic E-state index is 0.520. The smallest absolute Gasteiger partial charge is 0.0971 e. The molecule has 2 aliphatic carbocycles. The first-order chi connectivity index (χ1) is 7.79. The fourth-order valence-corrected chi connectivity index (χ4v) is 3.81. The van der Waals surface area contributed by atoms with Gasteiger partial charge in [-0.3, -0.25) is 4.99 Å². The molecule has 0 spiro atoms. The Hall–Kier alpha value is -0.180. The lowest BCUT2D eigenvalue weighted by Gasteiger charge is -2.26. The van der Waals surface area contributed by atoms with E-state index in [1.54, 1.807) is 0 Å². The van der Waals surface area contributed by atoms with Crippen LogP contribution in [0, 0.1) is 5.92 Å². The van der Waals surface area contributed by atoms with E-state index in [1.165, 1.54) is 51.4 Å². The Morgan fingerprint density at radius 3 is 2.56 bits per heavy atom. The number of hydrogen-bond acceptors (Lipinski definition) is 2. The molecule has 0 aromatic rings. The molecule has 2 unspecified atom stereocenters. The second kappa shape index (κ2) is 5.95. The van der Waals surface area contributed by atoms with Crippen LogP contribution in [-0.4, -0.2) is 23.4 Å². The molecule has 16 heavy (non-hydrogen) atoms. The van der Waals surface area contributed by atoms with Crippen LogP contribution < -0.4 is 5.73 Å². The zero-order valence-electron chi connectivity index (χ0n) is 10.3. The summed E-state index contributed by atoms with van der Waals surface area (Å²) in [5, 5.41) is 0.818. The van der Waals surface area contributed by atoms with Gasteiger partial charge in [-0.1, -0.05) is 19.3 Å². The highest BCUT2D eigenvalue weighted by molar-refractivity contribution is 7.99. The molecule has 2 rings (SSSR count). The van der Waals surface area contributed by atoms with Crippen molar-refractivity contribution in [3.8, 4) is 0 Å². The van der Waals surface area contributed by atoms with E-state index in [0.29, 0.717) is 12.0 Å². The van der Waals surface area contributed by atoms with Gasteiger partial charge in [0.25, 0.3) is 0 Å². The van der Waals surface area contributed by atoms with Gasteiger partial charge in [-0.05, 0) is 38.4 Å². The quantitative estimate of drug-likeness (QED) is 0.607. The number of thioether (sulfide) groups is 1. The summed E-state index contributed by atoms with van der Waals surface area (Å²) in [4.78, 5) is 4.80. The first kappa shape index (κ1) is 12.3. The van der Waals surface area contributed by atoms with Gasteiger partial charge >= 0.3 is 0 Å². The number of rotatable bonds is 3. The van der Waals surface area contributed by atoms with Crippen LogP contribution in [0.3, 0.4) is 0 Å². The second-order valence-corrected chi connectivity index (χ2v) is 6.35. The minimum Gasteiger partial charge on any atom is -0.387 e. The van der Waals surface area contributed by atoms with Gasteiger partial charge in [-0.15, -0.1) is 0 Å².